The Hall–Kier alpha value is -1.66. The summed E-state index contributed by atoms with van der Waals surface area (Å²) in [4.78, 5) is 4.45. The van der Waals surface area contributed by atoms with E-state index in [1.54, 1.807) is 6.20 Å². The third kappa shape index (κ3) is 3.16. The fraction of sp³-hybridized carbons (Fsp3) is 0.600. The zero-order chi connectivity index (χ0) is 14.9. The number of hydrogen-bond acceptors (Lipinski definition) is 5. The Balaban J connectivity index is 1.79. The maximum Gasteiger partial charge on any atom is 0.152 e. The lowest BCUT2D eigenvalue weighted by atomic mass is 9.92. The van der Waals surface area contributed by atoms with Crippen LogP contribution in [0, 0.1) is 0 Å². The molecular formula is C15H23N5O. The lowest BCUT2D eigenvalue weighted by Gasteiger charge is -2.24. The molecule has 1 fully saturated rings. The van der Waals surface area contributed by atoms with Gasteiger partial charge in [0.25, 0.3) is 0 Å². The minimum Gasteiger partial charge on any atom is -0.378 e. The van der Waals surface area contributed by atoms with Crippen molar-refractivity contribution in [3.8, 4) is 0 Å². The summed E-state index contributed by atoms with van der Waals surface area (Å²) in [6.07, 6.45) is 3.66. The number of aromatic nitrogens is 3. The molecule has 2 aromatic rings. The van der Waals surface area contributed by atoms with Crippen molar-refractivity contribution >= 4 is 11.3 Å². The fourth-order valence-corrected chi connectivity index (χ4v) is 2.40. The Kier molecular flexibility index (Phi) is 3.82. The van der Waals surface area contributed by atoms with E-state index in [-0.39, 0.29) is 5.41 Å². The highest BCUT2D eigenvalue weighted by molar-refractivity contribution is 5.68. The Morgan fingerprint density at radius 1 is 1.48 bits per heavy atom. The van der Waals surface area contributed by atoms with Crippen LogP contribution in [-0.2, 0) is 10.2 Å². The first-order valence-electron chi connectivity index (χ1n) is 7.44. The van der Waals surface area contributed by atoms with Crippen LogP contribution in [0.25, 0.3) is 5.52 Å². The first-order valence-corrected chi connectivity index (χ1v) is 7.44. The zero-order valence-corrected chi connectivity index (χ0v) is 12.9. The second kappa shape index (κ2) is 5.61. The van der Waals surface area contributed by atoms with Crippen molar-refractivity contribution in [3.63, 3.8) is 0 Å². The summed E-state index contributed by atoms with van der Waals surface area (Å²) in [5.74, 6) is 0.868. The molecule has 6 heteroatoms. The monoisotopic (exact) mass is 289 g/mol. The summed E-state index contributed by atoms with van der Waals surface area (Å²) in [7, 11) is 0. The van der Waals surface area contributed by atoms with Crippen LogP contribution in [0.3, 0.4) is 0 Å². The molecule has 0 saturated carbocycles. The number of rotatable bonds is 3. The van der Waals surface area contributed by atoms with Gasteiger partial charge in [0, 0.05) is 36.9 Å². The van der Waals surface area contributed by atoms with Crippen molar-refractivity contribution in [3.05, 3.63) is 24.2 Å². The van der Waals surface area contributed by atoms with Crippen LogP contribution in [0.4, 0.5) is 5.82 Å². The van der Waals surface area contributed by atoms with Crippen molar-refractivity contribution in [1.29, 1.82) is 0 Å². The van der Waals surface area contributed by atoms with Crippen LogP contribution in [-0.4, -0.2) is 46.9 Å². The van der Waals surface area contributed by atoms with E-state index in [0.29, 0.717) is 6.04 Å². The molecule has 0 aromatic carbocycles. The number of nitrogens with zero attached hydrogens (tertiary/aromatic N) is 3. The first kappa shape index (κ1) is 14.3. The molecule has 0 bridgehead atoms. The highest BCUT2D eigenvalue weighted by Gasteiger charge is 2.19. The van der Waals surface area contributed by atoms with Crippen LogP contribution < -0.4 is 10.6 Å². The van der Waals surface area contributed by atoms with Gasteiger partial charge in [-0.25, -0.2) is 9.50 Å². The summed E-state index contributed by atoms with van der Waals surface area (Å²) in [5.41, 5.74) is 2.11. The van der Waals surface area contributed by atoms with Gasteiger partial charge in [-0.15, -0.1) is 0 Å². The van der Waals surface area contributed by atoms with E-state index in [9.17, 15) is 0 Å². The van der Waals surface area contributed by atoms with Crippen LogP contribution in [0.2, 0.25) is 0 Å². The molecule has 0 radical (unpaired) electrons. The molecule has 0 amide bonds. The minimum atomic E-state index is 0.0298. The van der Waals surface area contributed by atoms with E-state index in [4.69, 9.17) is 4.74 Å². The summed E-state index contributed by atoms with van der Waals surface area (Å²) in [6.45, 7) is 9.73. The number of nitrogens with one attached hydrogen (secondary N) is 2. The summed E-state index contributed by atoms with van der Waals surface area (Å²) < 4.78 is 7.36. The molecule has 1 saturated heterocycles. The van der Waals surface area contributed by atoms with E-state index in [2.05, 4.69) is 47.6 Å². The molecule has 114 valence electrons. The predicted molar refractivity (Wildman–Crippen MR) is 82.8 cm³/mol. The number of fused-ring (bicyclic) bond motifs is 1. The van der Waals surface area contributed by atoms with Crippen LogP contribution in [0.5, 0.6) is 0 Å². The lowest BCUT2D eigenvalue weighted by Crippen LogP contribution is -2.45. The molecular weight excluding hydrogens is 266 g/mol. The van der Waals surface area contributed by atoms with Gasteiger partial charge >= 0.3 is 0 Å². The third-order valence-electron chi connectivity index (χ3n) is 3.67. The second-order valence-corrected chi connectivity index (χ2v) is 6.49. The highest BCUT2D eigenvalue weighted by Crippen LogP contribution is 2.24. The molecule has 0 aliphatic carbocycles. The first-order chi connectivity index (χ1) is 10.0. The van der Waals surface area contributed by atoms with Gasteiger partial charge in [0.1, 0.15) is 5.52 Å². The van der Waals surface area contributed by atoms with Crippen molar-refractivity contribution in [2.45, 2.75) is 32.2 Å². The molecule has 2 aromatic heterocycles. The summed E-state index contributed by atoms with van der Waals surface area (Å²) >= 11 is 0. The fourth-order valence-electron chi connectivity index (χ4n) is 2.40. The van der Waals surface area contributed by atoms with E-state index < -0.39 is 0 Å². The number of hydrogen-bond donors (Lipinski definition) is 2. The van der Waals surface area contributed by atoms with Crippen LogP contribution >= 0.6 is 0 Å². The van der Waals surface area contributed by atoms with Gasteiger partial charge in [0.2, 0.25) is 0 Å². The Labute approximate surface area is 124 Å². The van der Waals surface area contributed by atoms with Crippen LogP contribution in [0.15, 0.2) is 18.5 Å². The molecule has 2 N–H and O–H groups in total. The molecule has 1 aliphatic rings. The average Bonchev–Trinajstić information content (AvgIpc) is 2.91. The SMILES string of the molecule is CC(C)(C)c1cc2c(NCC3COCCN3)nccn2n1. The zero-order valence-electron chi connectivity index (χ0n) is 12.9. The molecule has 1 aliphatic heterocycles. The predicted octanol–water partition coefficient (Wildman–Crippen LogP) is 1.43. The van der Waals surface area contributed by atoms with Gasteiger partial charge in [0.15, 0.2) is 5.82 Å². The maximum atomic E-state index is 5.47. The molecule has 3 rings (SSSR count). The third-order valence-corrected chi connectivity index (χ3v) is 3.67. The van der Waals surface area contributed by atoms with Crippen molar-refractivity contribution in [2.75, 3.05) is 31.6 Å². The normalized spacial score (nSPS) is 19.9. The molecule has 6 nitrogen and oxygen atoms in total. The molecule has 21 heavy (non-hydrogen) atoms. The van der Waals surface area contributed by atoms with Gasteiger partial charge in [0.05, 0.1) is 18.9 Å². The number of morpholine rings is 1. The molecule has 3 heterocycles. The summed E-state index contributed by atoms with van der Waals surface area (Å²) in [5, 5.41) is 11.5. The number of ether oxygens (including phenoxy) is 1. The molecule has 0 spiro atoms. The number of anilines is 1. The standard InChI is InChI=1S/C15H23N5O/c1-15(2,3)13-8-12-14(17-4-6-20(12)19-13)18-9-11-10-21-7-5-16-11/h4,6,8,11,16H,5,7,9-10H2,1-3H3,(H,17,18). The van der Waals surface area contributed by atoms with Crippen molar-refractivity contribution < 1.29 is 4.74 Å². The Morgan fingerprint density at radius 2 is 2.33 bits per heavy atom. The van der Waals surface area contributed by atoms with Gasteiger partial charge in [-0.3, -0.25) is 0 Å². The van der Waals surface area contributed by atoms with Crippen molar-refractivity contribution in [2.24, 2.45) is 0 Å². The Bertz CT molecular complexity index is 610. The van der Waals surface area contributed by atoms with E-state index in [1.165, 1.54) is 0 Å². The van der Waals surface area contributed by atoms with Gasteiger partial charge in [-0.2, -0.15) is 5.10 Å². The topological polar surface area (TPSA) is 63.5 Å². The largest absolute Gasteiger partial charge is 0.378 e. The van der Waals surface area contributed by atoms with E-state index in [0.717, 1.165) is 43.3 Å². The Morgan fingerprint density at radius 3 is 3.05 bits per heavy atom. The quantitative estimate of drug-likeness (QED) is 0.895. The van der Waals surface area contributed by atoms with E-state index in [1.807, 2.05) is 10.7 Å². The van der Waals surface area contributed by atoms with E-state index >= 15 is 0 Å². The minimum absolute atomic E-state index is 0.0298. The smallest absolute Gasteiger partial charge is 0.152 e. The summed E-state index contributed by atoms with van der Waals surface area (Å²) in [6, 6.07) is 2.44. The van der Waals surface area contributed by atoms with Gasteiger partial charge < -0.3 is 15.4 Å². The maximum absolute atomic E-state index is 5.47. The lowest BCUT2D eigenvalue weighted by molar-refractivity contribution is 0.0806. The van der Waals surface area contributed by atoms with Crippen LogP contribution in [0.1, 0.15) is 26.5 Å². The van der Waals surface area contributed by atoms with Crippen molar-refractivity contribution in [1.82, 2.24) is 19.9 Å². The van der Waals surface area contributed by atoms with Gasteiger partial charge in [-0.1, -0.05) is 20.8 Å². The average molecular weight is 289 g/mol. The van der Waals surface area contributed by atoms with Gasteiger partial charge in [-0.05, 0) is 6.07 Å². The highest BCUT2D eigenvalue weighted by atomic mass is 16.5. The molecule has 1 unspecified atom stereocenters. The second-order valence-electron chi connectivity index (χ2n) is 6.49. The molecule has 1 atom stereocenters.